The van der Waals surface area contributed by atoms with Crippen molar-refractivity contribution in [1.82, 2.24) is 9.88 Å². The zero-order valence-electron chi connectivity index (χ0n) is 13.6. The van der Waals surface area contributed by atoms with E-state index in [9.17, 15) is 9.59 Å². The van der Waals surface area contributed by atoms with Crippen LogP contribution in [0.3, 0.4) is 0 Å². The number of carbonyl (C=O) groups excluding carboxylic acids is 2. The first kappa shape index (κ1) is 16.6. The minimum absolute atomic E-state index is 0.0843. The molecule has 126 valence electrons. The average molecular weight is 345 g/mol. The van der Waals surface area contributed by atoms with E-state index in [0.717, 1.165) is 10.7 Å². The Balaban J connectivity index is 1.66. The van der Waals surface area contributed by atoms with Gasteiger partial charge < -0.3 is 15.0 Å². The monoisotopic (exact) mass is 345 g/mol. The molecule has 1 aliphatic heterocycles. The largest absolute Gasteiger partial charge is 0.365 e. The number of hydrogen-bond donors (Lipinski definition) is 1. The van der Waals surface area contributed by atoms with Crippen molar-refractivity contribution < 1.29 is 14.3 Å². The zero-order chi connectivity index (χ0) is 17.1. The molecule has 2 amide bonds. The fraction of sp³-hybridized carbons (Fsp3) is 0.353. The molecule has 1 saturated heterocycles. The molecule has 0 bridgehead atoms. The minimum Gasteiger partial charge on any atom is -0.365 e. The number of amides is 2. The van der Waals surface area contributed by atoms with E-state index in [4.69, 9.17) is 4.74 Å². The molecule has 2 aromatic rings. The van der Waals surface area contributed by atoms with Gasteiger partial charge in [-0.2, -0.15) is 0 Å². The van der Waals surface area contributed by atoms with Gasteiger partial charge in [-0.25, -0.2) is 4.98 Å². The molecule has 2 heterocycles. The quantitative estimate of drug-likeness (QED) is 0.926. The molecule has 1 unspecified atom stereocenters. The predicted molar refractivity (Wildman–Crippen MR) is 92.3 cm³/mol. The highest BCUT2D eigenvalue weighted by Gasteiger charge is 2.31. The van der Waals surface area contributed by atoms with Gasteiger partial charge in [0.15, 0.2) is 6.10 Å². The maximum absolute atomic E-state index is 12.7. The molecular weight excluding hydrogens is 326 g/mol. The molecule has 1 aromatic heterocycles. The van der Waals surface area contributed by atoms with Gasteiger partial charge in [-0.1, -0.05) is 18.2 Å². The van der Waals surface area contributed by atoms with Gasteiger partial charge in [-0.15, -0.1) is 11.3 Å². The van der Waals surface area contributed by atoms with E-state index in [1.54, 1.807) is 4.90 Å². The van der Waals surface area contributed by atoms with Crippen molar-refractivity contribution in [3.8, 4) is 0 Å². The van der Waals surface area contributed by atoms with Gasteiger partial charge in [0, 0.05) is 12.2 Å². The summed E-state index contributed by atoms with van der Waals surface area (Å²) in [6.45, 7) is 4.77. The van der Waals surface area contributed by atoms with E-state index in [1.807, 2.05) is 44.2 Å². The number of thiazole rings is 1. The molecule has 0 radical (unpaired) electrons. The first-order chi connectivity index (χ1) is 11.5. The van der Waals surface area contributed by atoms with Crippen LogP contribution in [-0.4, -0.2) is 47.5 Å². The summed E-state index contributed by atoms with van der Waals surface area (Å²) in [6, 6.07) is 9.21. The van der Waals surface area contributed by atoms with E-state index in [0.29, 0.717) is 23.7 Å². The van der Waals surface area contributed by atoms with E-state index >= 15 is 0 Å². The summed E-state index contributed by atoms with van der Waals surface area (Å²) >= 11 is 1.38. The topological polar surface area (TPSA) is 71.5 Å². The summed E-state index contributed by atoms with van der Waals surface area (Å²) in [5, 5.41) is 3.68. The number of rotatable bonds is 3. The van der Waals surface area contributed by atoms with Crippen LogP contribution in [0, 0.1) is 13.8 Å². The second-order valence-corrected chi connectivity index (χ2v) is 6.82. The molecule has 0 spiro atoms. The Hall–Kier alpha value is -2.25. The fourth-order valence-electron chi connectivity index (χ4n) is 2.61. The number of nitrogens with one attached hydrogen (secondary N) is 1. The van der Waals surface area contributed by atoms with Crippen LogP contribution in [0.1, 0.15) is 20.4 Å². The first-order valence-electron chi connectivity index (χ1n) is 7.75. The van der Waals surface area contributed by atoms with E-state index < -0.39 is 6.10 Å². The zero-order valence-corrected chi connectivity index (χ0v) is 14.4. The van der Waals surface area contributed by atoms with Crippen LogP contribution in [0.4, 0.5) is 5.69 Å². The smallest absolute Gasteiger partial charge is 0.266 e. The van der Waals surface area contributed by atoms with Crippen LogP contribution in [0.25, 0.3) is 0 Å². The third-order valence-electron chi connectivity index (χ3n) is 3.79. The van der Waals surface area contributed by atoms with Crippen molar-refractivity contribution in [2.24, 2.45) is 0 Å². The first-order valence-corrected chi connectivity index (χ1v) is 8.57. The lowest BCUT2D eigenvalue weighted by atomic mass is 10.2. The number of nitrogens with zero attached hydrogens (tertiary/aromatic N) is 2. The molecule has 3 rings (SSSR count). The maximum Gasteiger partial charge on any atom is 0.266 e. The second kappa shape index (κ2) is 7.11. The highest BCUT2D eigenvalue weighted by atomic mass is 32.1. The Bertz CT molecular complexity index is 745. The Kier molecular flexibility index (Phi) is 4.92. The second-order valence-electron chi connectivity index (χ2n) is 5.61. The molecule has 6 nitrogen and oxygen atoms in total. The Morgan fingerprint density at radius 2 is 2.04 bits per heavy atom. The van der Waals surface area contributed by atoms with Crippen LogP contribution >= 0.6 is 11.3 Å². The molecule has 24 heavy (non-hydrogen) atoms. The molecule has 0 saturated carbocycles. The lowest BCUT2D eigenvalue weighted by Gasteiger charge is -2.32. The van der Waals surface area contributed by atoms with E-state index in [1.165, 1.54) is 11.3 Å². The number of anilines is 1. The third kappa shape index (κ3) is 3.63. The predicted octanol–water partition coefficient (Wildman–Crippen LogP) is 2.24. The normalized spacial score (nSPS) is 17.6. The molecule has 1 aromatic carbocycles. The molecule has 0 aliphatic carbocycles. The number of benzene rings is 1. The van der Waals surface area contributed by atoms with Gasteiger partial charge in [0.2, 0.25) is 0 Å². The summed E-state index contributed by atoms with van der Waals surface area (Å²) < 4.78 is 5.55. The van der Waals surface area contributed by atoms with Gasteiger partial charge in [-0.3, -0.25) is 9.59 Å². The lowest BCUT2D eigenvalue weighted by Crippen LogP contribution is -2.50. The Morgan fingerprint density at radius 3 is 2.71 bits per heavy atom. The van der Waals surface area contributed by atoms with Crippen molar-refractivity contribution in [2.45, 2.75) is 20.0 Å². The van der Waals surface area contributed by atoms with Crippen LogP contribution in [-0.2, 0) is 9.53 Å². The van der Waals surface area contributed by atoms with Gasteiger partial charge in [0.25, 0.3) is 11.8 Å². The average Bonchev–Trinajstić information content (AvgIpc) is 2.93. The summed E-state index contributed by atoms with van der Waals surface area (Å²) in [7, 11) is 0. The number of morpholine rings is 1. The highest BCUT2D eigenvalue weighted by molar-refractivity contribution is 7.13. The van der Waals surface area contributed by atoms with E-state index in [2.05, 4.69) is 10.3 Å². The number of para-hydroxylation sites is 1. The summed E-state index contributed by atoms with van der Waals surface area (Å²) in [5.41, 5.74) is 1.45. The lowest BCUT2D eigenvalue weighted by molar-refractivity contribution is -0.131. The van der Waals surface area contributed by atoms with Crippen LogP contribution in [0.2, 0.25) is 0 Å². The molecule has 1 aliphatic rings. The van der Waals surface area contributed by atoms with Gasteiger partial charge >= 0.3 is 0 Å². The minimum atomic E-state index is -0.669. The van der Waals surface area contributed by atoms with Crippen LogP contribution in [0.15, 0.2) is 30.3 Å². The molecule has 1 atom stereocenters. The number of aryl methyl sites for hydroxylation is 2. The summed E-state index contributed by atoms with van der Waals surface area (Å²) in [4.78, 5) is 31.6. The summed E-state index contributed by atoms with van der Waals surface area (Å²) in [5.74, 6) is -0.324. The van der Waals surface area contributed by atoms with Crippen molar-refractivity contribution in [1.29, 1.82) is 0 Å². The number of aromatic nitrogens is 1. The maximum atomic E-state index is 12.7. The van der Waals surface area contributed by atoms with E-state index in [-0.39, 0.29) is 18.4 Å². The van der Waals surface area contributed by atoms with Crippen LogP contribution < -0.4 is 5.32 Å². The molecular formula is C17H19N3O3S. The van der Waals surface area contributed by atoms with Gasteiger partial charge in [0.05, 0.1) is 23.9 Å². The van der Waals surface area contributed by atoms with Gasteiger partial charge in [0.1, 0.15) is 4.88 Å². The third-order valence-corrected chi connectivity index (χ3v) is 4.85. The summed E-state index contributed by atoms with van der Waals surface area (Å²) in [6.07, 6.45) is -0.669. The standard InChI is InChI=1S/C17H19N3O3S/c1-11-15(24-12(2)18-11)17(22)20-8-9-23-14(10-20)16(21)19-13-6-4-3-5-7-13/h3-7,14H,8-10H2,1-2H3,(H,19,21). The highest BCUT2D eigenvalue weighted by Crippen LogP contribution is 2.21. The SMILES string of the molecule is Cc1nc(C)c(C(=O)N2CCOC(C(=O)Nc3ccccc3)C2)s1. The number of hydrogen-bond acceptors (Lipinski definition) is 5. The Labute approximate surface area is 144 Å². The number of carbonyl (C=O) groups is 2. The van der Waals surface area contributed by atoms with Crippen molar-refractivity contribution in [2.75, 3.05) is 25.0 Å². The Morgan fingerprint density at radius 1 is 1.29 bits per heavy atom. The number of ether oxygens (including phenoxy) is 1. The molecule has 1 fully saturated rings. The molecule has 7 heteroatoms. The van der Waals surface area contributed by atoms with Crippen molar-refractivity contribution in [3.05, 3.63) is 45.9 Å². The van der Waals surface area contributed by atoms with Crippen LogP contribution in [0.5, 0.6) is 0 Å². The fourth-order valence-corrected chi connectivity index (χ4v) is 3.50. The van der Waals surface area contributed by atoms with Crippen molar-refractivity contribution >= 4 is 28.8 Å². The van der Waals surface area contributed by atoms with Crippen molar-refractivity contribution in [3.63, 3.8) is 0 Å². The van der Waals surface area contributed by atoms with Gasteiger partial charge in [-0.05, 0) is 26.0 Å². The molecule has 1 N–H and O–H groups in total.